The Hall–Kier alpha value is -4.34. The highest BCUT2D eigenvalue weighted by molar-refractivity contribution is 7.86. The van der Waals surface area contributed by atoms with Crippen LogP contribution in [0.1, 0.15) is 11.4 Å². The lowest BCUT2D eigenvalue weighted by atomic mass is 10.1. The van der Waals surface area contributed by atoms with Crippen molar-refractivity contribution >= 4 is 55.5 Å². The molecular weight excluding hydrogens is 452 g/mol. The average Bonchev–Trinajstić information content (AvgIpc) is 3.25. The van der Waals surface area contributed by atoms with Crippen molar-refractivity contribution in [2.24, 2.45) is 10.2 Å². The molecule has 0 radical (unpaired) electrons. The summed E-state index contributed by atoms with van der Waals surface area (Å²) in [5.41, 5.74) is 3.09. The molecule has 0 fully saturated rings. The van der Waals surface area contributed by atoms with E-state index in [0.29, 0.717) is 11.5 Å². The SMILES string of the molecule is O=S(=O)(O)c1cc(N=Nc2cccc(C=Cc3nc4ccccc4[nH]3)c2)c(O)c2ccccc12. The first-order valence-electron chi connectivity index (χ1n) is 10.3. The maximum Gasteiger partial charge on any atom is 0.295 e. The van der Waals surface area contributed by atoms with Gasteiger partial charge >= 0.3 is 0 Å². The number of aromatic hydroxyl groups is 1. The van der Waals surface area contributed by atoms with E-state index in [4.69, 9.17) is 0 Å². The molecule has 34 heavy (non-hydrogen) atoms. The number of phenolic OH excluding ortho intramolecular Hbond substituents is 1. The highest BCUT2D eigenvalue weighted by atomic mass is 32.2. The summed E-state index contributed by atoms with van der Waals surface area (Å²) in [6, 6.07) is 22.4. The van der Waals surface area contributed by atoms with Crippen molar-refractivity contribution in [3.05, 3.63) is 90.3 Å². The number of para-hydroxylation sites is 2. The second-order valence-corrected chi connectivity index (χ2v) is 8.92. The molecule has 0 saturated heterocycles. The smallest absolute Gasteiger partial charge is 0.295 e. The van der Waals surface area contributed by atoms with Gasteiger partial charge in [0.1, 0.15) is 16.4 Å². The molecular formula is C25H18N4O4S. The zero-order valence-electron chi connectivity index (χ0n) is 17.6. The van der Waals surface area contributed by atoms with Crippen LogP contribution in [0.25, 0.3) is 34.0 Å². The molecule has 0 saturated carbocycles. The van der Waals surface area contributed by atoms with Gasteiger partial charge in [0, 0.05) is 10.8 Å². The molecule has 5 aromatic rings. The molecule has 0 spiro atoms. The van der Waals surface area contributed by atoms with Crippen LogP contribution in [0.5, 0.6) is 5.75 Å². The number of fused-ring (bicyclic) bond motifs is 2. The first-order chi connectivity index (χ1) is 16.4. The third kappa shape index (κ3) is 4.29. The van der Waals surface area contributed by atoms with E-state index < -0.39 is 10.1 Å². The van der Waals surface area contributed by atoms with Crippen LogP contribution in [-0.4, -0.2) is 28.0 Å². The quantitative estimate of drug-likeness (QED) is 0.206. The van der Waals surface area contributed by atoms with Crippen LogP contribution in [-0.2, 0) is 10.1 Å². The molecule has 0 aliphatic carbocycles. The van der Waals surface area contributed by atoms with Crippen molar-refractivity contribution in [1.82, 2.24) is 9.97 Å². The molecule has 1 aromatic heterocycles. The first kappa shape index (κ1) is 21.5. The third-order valence-electron chi connectivity index (χ3n) is 5.22. The Kier molecular flexibility index (Phi) is 5.40. The standard InChI is InChI=1S/C25H18N4O4S/c30-25-19-9-2-1-8-18(19)23(34(31,32)33)15-22(25)29-28-17-7-5-6-16(14-17)12-13-24-26-20-10-3-4-11-21(20)27-24/h1-15,30H,(H,26,27)(H,31,32,33). The number of nitrogens with one attached hydrogen (secondary N) is 1. The highest BCUT2D eigenvalue weighted by Crippen LogP contribution is 2.39. The Balaban J connectivity index is 1.46. The molecule has 0 aliphatic rings. The van der Waals surface area contributed by atoms with E-state index in [9.17, 15) is 18.1 Å². The lowest BCUT2D eigenvalue weighted by molar-refractivity contribution is 0.480. The number of azo groups is 1. The number of rotatable bonds is 5. The molecule has 0 bridgehead atoms. The monoisotopic (exact) mass is 470 g/mol. The summed E-state index contributed by atoms with van der Waals surface area (Å²) >= 11 is 0. The van der Waals surface area contributed by atoms with Crippen LogP contribution in [0.4, 0.5) is 11.4 Å². The summed E-state index contributed by atoms with van der Waals surface area (Å²) in [7, 11) is -4.53. The molecule has 4 aromatic carbocycles. The van der Waals surface area contributed by atoms with E-state index in [-0.39, 0.29) is 27.1 Å². The van der Waals surface area contributed by atoms with Crippen molar-refractivity contribution in [3.63, 3.8) is 0 Å². The third-order valence-corrected chi connectivity index (χ3v) is 6.11. The number of hydrogen-bond acceptors (Lipinski definition) is 6. The molecule has 9 heteroatoms. The van der Waals surface area contributed by atoms with Crippen molar-refractivity contribution in [2.45, 2.75) is 4.90 Å². The maximum absolute atomic E-state index is 11.9. The molecule has 3 N–H and O–H groups in total. The van der Waals surface area contributed by atoms with Crippen LogP contribution in [0.2, 0.25) is 0 Å². The Labute approximate surface area is 194 Å². The fourth-order valence-electron chi connectivity index (χ4n) is 3.63. The second-order valence-electron chi connectivity index (χ2n) is 7.53. The average molecular weight is 471 g/mol. The normalized spacial score (nSPS) is 12.4. The summed E-state index contributed by atoms with van der Waals surface area (Å²) < 4.78 is 33.3. The van der Waals surface area contributed by atoms with Gasteiger partial charge in [-0.3, -0.25) is 4.55 Å². The molecule has 8 nitrogen and oxygen atoms in total. The Morgan fingerprint density at radius 3 is 2.41 bits per heavy atom. The number of imidazole rings is 1. The number of benzene rings is 4. The molecule has 0 unspecified atom stereocenters. The van der Waals surface area contributed by atoms with Gasteiger partial charge in [-0.2, -0.15) is 13.5 Å². The highest BCUT2D eigenvalue weighted by Gasteiger charge is 2.19. The summed E-state index contributed by atoms with van der Waals surface area (Å²) in [4.78, 5) is 7.39. The van der Waals surface area contributed by atoms with E-state index in [2.05, 4.69) is 20.2 Å². The van der Waals surface area contributed by atoms with Gasteiger partial charge in [-0.05, 0) is 42.0 Å². The van der Waals surface area contributed by atoms with Gasteiger partial charge in [-0.1, -0.05) is 54.6 Å². The van der Waals surface area contributed by atoms with Crippen molar-refractivity contribution in [1.29, 1.82) is 0 Å². The number of nitrogens with zero attached hydrogens (tertiary/aromatic N) is 3. The van der Waals surface area contributed by atoms with Crippen LogP contribution in [0.15, 0.2) is 94.0 Å². The Morgan fingerprint density at radius 1 is 0.853 bits per heavy atom. The van der Waals surface area contributed by atoms with E-state index in [0.717, 1.165) is 22.7 Å². The van der Waals surface area contributed by atoms with Crippen LogP contribution >= 0.6 is 0 Å². The van der Waals surface area contributed by atoms with E-state index in [1.165, 1.54) is 6.07 Å². The number of aromatic nitrogens is 2. The van der Waals surface area contributed by atoms with Gasteiger partial charge in [0.25, 0.3) is 10.1 Å². The number of H-pyrrole nitrogens is 1. The largest absolute Gasteiger partial charge is 0.505 e. The summed E-state index contributed by atoms with van der Waals surface area (Å²) in [6.07, 6.45) is 3.73. The first-order valence-corrected chi connectivity index (χ1v) is 11.7. The van der Waals surface area contributed by atoms with Crippen LogP contribution < -0.4 is 0 Å². The van der Waals surface area contributed by atoms with Gasteiger partial charge in [-0.15, -0.1) is 5.11 Å². The molecule has 0 aliphatic heterocycles. The lowest BCUT2D eigenvalue weighted by Gasteiger charge is -2.08. The van der Waals surface area contributed by atoms with Gasteiger partial charge in [0.15, 0.2) is 5.75 Å². The minimum Gasteiger partial charge on any atom is -0.505 e. The second kappa shape index (κ2) is 8.54. The molecule has 0 amide bonds. The lowest BCUT2D eigenvalue weighted by Crippen LogP contribution is -1.99. The van der Waals surface area contributed by atoms with E-state index >= 15 is 0 Å². The van der Waals surface area contributed by atoms with Gasteiger partial charge in [-0.25, -0.2) is 4.98 Å². The summed E-state index contributed by atoms with van der Waals surface area (Å²) in [5.74, 6) is 0.486. The predicted molar refractivity (Wildman–Crippen MR) is 131 cm³/mol. The van der Waals surface area contributed by atoms with Crippen molar-refractivity contribution in [2.75, 3.05) is 0 Å². The summed E-state index contributed by atoms with van der Waals surface area (Å²) in [5, 5.41) is 19.2. The van der Waals surface area contributed by atoms with Gasteiger partial charge < -0.3 is 10.1 Å². The van der Waals surface area contributed by atoms with E-state index in [1.54, 1.807) is 36.4 Å². The molecule has 1 heterocycles. The fraction of sp³-hybridized carbons (Fsp3) is 0. The minimum atomic E-state index is -4.53. The Bertz CT molecular complexity index is 1670. The zero-order chi connectivity index (χ0) is 23.7. The molecule has 5 rings (SSSR count). The van der Waals surface area contributed by atoms with Gasteiger partial charge in [0.05, 0.1) is 16.7 Å². The van der Waals surface area contributed by atoms with Crippen LogP contribution in [0.3, 0.4) is 0 Å². The van der Waals surface area contributed by atoms with Crippen molar-refractivity contribution < 1.29 is 18.1 Å². The zero-order valence-corrected chi connectivity index (χ0v) is 18.4. The molecule has 168 valence electrons. The molecule has 0 atom stereocenters. The minimum absolute atomic E-state index is 0.0745. The number of aromatic amines is 1. The fourth-order valence-corrected chi connectivity index (χ4v) is 4.35. The maximum atomic E-state index is 11.9. The summed E-state index contributed by atoms with van der Waals surface area (Å²) in [6.45, 7) is 0. The van der Waals surface area contributed by atoms with E-state index in [1.807, 2.05) is 42.5 Å². The topological polar surface area (TPSA) is 128 Å². The van der Waals surface area contributed by atoms with Crippen LogP contribution in [0, 0.1) is 0 Å². The predicted octanol–water partition coefficient (Wildman–Crippen LogP) is 6.25. The Morgan fingerprint density at radius 2 is 1.62 bits per heavy atom. The number of phenols is 1. The van der Waals surface area contributed by atoms with Gasteiger partial charge in [0.2, 0.25) is 0 Å². The number of hydrogen-bond donors (Lipinski definition) is 3. The van der Waals surface area contributed by atoms with Crippen molar-refractivity contribution in [3.8, 4) is 5.75 Å².